The van der Waals surface area contributed by atoms with Crippen LogP contribution in [0.15, 0.2) is 0 Å². The summed E-state index contributed by atoms with van der Waals surface area (Å²) in [5.74, 6) is -0.674. The van der Waals surface area contributed by atoms with Crippen molar-refractivity contribution in [3.05, 3.63) is 0 Å². The highest BCUT2D eigenvalue weighted by Gasteiger charge is 2.32. The molecule has 0 bridgehead atoms. The normalized spacial score (nSPS) is 18.1. The number of hydrogen-bond acceptors (Lipinski definition) is 2. The summed E-state index contributed by atoms with van der Waals surface area (Å²) in [6.07, 6.45) is 6.35. The van der Waals surface area contributed by atoms with Gasteiger partial charge >= 0.3 is 5.97 Å². The second-order valence-corrected chi connectivity index (χ2v) is 4.46. The van der Waals surface area contributed by atoms with E-state index >= 15 is 0 Å². The molecule has 1 rings (SSSR count). The third-order valence-corrected chi connectivity index (χ3v) is 3.16. The van der Waals surface area contributed by atoms with Gasteiger partial charge in [0.25, 0.3) is 0 Å². The quantitative estimate of drug-likeness (QED) is 0.673. The maximum Gasteiger partial charge on any atom is 0.304 e. The van der Waals surface area contributed by atoms with E-state index in [1.54, 1.807) is 0 Å². The molecule has 3 heteroatoms. The maximum absolute atomic E-state index is 10.6. The zero-order valence-electron chi connectivity index (χ0n) is 9.91. The van der Waals surface area contributed by atoms with Gasteiger partial charge in [0.2, 0.25) is 0 Å². The average Bonchev–Trinajstić information content (AvgIpc) is 3.00. The third-order valence-electron chi connectivity index (χ3n) is 3.16. The summed E-state index contributed by atoms with van der Waals surface area (Å²) in [7, 11) is 0. The Morgan fingerprint density at radius 2 is 2.13 bits per heavy atom. The van der Waals surface area contributed by atoms with Crippen molar-refractivity contribution >= 4 is 5.97 Å². The van der Waals surface area contributed by atoms with Crippen LogP contribution < -0.4 is 0 Å². The fourth-order valence-electron chi connectivity index (χ4n) is 2.23. The molecule has 0 spiro atoms. The van der Waals surface area contributed by atoms with E-state index in [1.807, 2.05) is 0 Å². The Morgan fingerprint density at radius 1 is 1.47 bits per heavy atom. The van der Waals surface area contributed by atoms with E-state index in [0.717, 1.165) is 13.0 Å². The van der Waals surface area contributed by atoms with Gasteiger partial charge in [0.1, 0.15) is 0 Å². The van der Waals surface area contributed by atoms with Crippen molar-refractivity contribution in [3.8, 4) is 0 Å². The Morgan fingerprint density at radius 3 is 2.53 bits per heavy atom. The highest BCUT2D eigenvalue weighted by atomic mass is 16.4. The number of carboxylic acid groups (broad SMARTS) is 1. The van der Waals surface area contributed by atoms with Crippen LogP contribution in [0.1, 0.15) is 52.4 Å². The van der Waals surface area contributed by atoms with Gasteiger partial charge in [-0.05, 0) is 25.7 Å². The molecule has 1 saturated carbocycles. The topological polar surface area (TPSA) is 40.5 Å². The first-order valence-corrected chi connectivity index (χ1v) is 6.16. The monoisotopic (exact) mass is 213 g/mol. The molecule has 1 N–H and O–H groups in total. The van der Waals surface area contributed by atoms with Gasteiger partial charge in [-0.25, -0.2) is 0 Å². The van der Waals surface area contributed by atoms with Crippen LogP contribution in [0.5, 0.6) is 0 Å². The van der Waals surface area contributed by atoms with Crippen molar-refractivity contribution in [1.29, 1.82) is 0 Å². The molecule has 15 heavy (non-hydrogen) atoms. The van der Waals surface area contributed by atoms with E-state index in [2.05, 4.69) is 18.7 Å². The van der Waals surface area contributed by atoms with Gasteiger partial charge in [-0.3, -0.25) is 9.69 Å². The maximum atomic E-state index is 10.6. The summed E-state index contributed by atoms with van der Waals surface area (Å²) in [5, 5.41) is 8.72. The third kappa shape index (κ3) is 4.20. The minimum atomic E-state index is -0.674. The van der Waals surface area contributed by atoms with E-state index in [4.69, 9.17) is 5.11 Å². The van der Waals surface area contributed by atoms with Crippen LogP contribution >= 0.6 is 0 Å². The predicted molar refractivity (Wildman–Crippen MR) is 61.0 cm³/mol. The van der Waals surface area contributed by atoms with Crippen LogP contribution in [0.25, 0.3) is 0 Å². The smallest absolute Gasteiger partial charge is 0.304 e. The summed E-state index contributed by atoms with van der Waals surface area (Å²) in [6, 6.07) is 1.28. The van der Waals surface area contributed by atoms with Gasteiger partial charge in [0.05, 0.1) is 6.42 Å². The lowest BCUT2D eigenvalue weighted by Gasteiger charge is -2.30. The standard InChI is InChI=1S/C12H23NO2/c1-3-5-10(4-2)13(11-6-7-11)9-8-12(14)15/h10-11H,3-9H2,1-2H3,(H,14,15). The van der Waals surface area contributed by atoms with Crippen LogP contribution in [-0.2, 0) is 4.79 Å². The first-order chi connectivity index (χ1) is 7.19. The molecule has 1 fully saturated rings. The van der Waals surface area contributed by atoms with Crippen LogP contribution in [0.3, 0.4) is 0 Å². The van der Waals surface area contributed by atoms with Crippen molar-refractivity contribution in [3.63, 3.8) is 0 Å². The van der Waals surface area contributed by atoms with Gasteiger partial charge in [0, 0.05) is 18.6 Å². The number of aliphatic carboxylic acids is 1. The van der Waals surface area contributed by atoms with Gasteiger partial charge in [0.15, 0.2) is 0 Å². The molecule has 88 valence electrons. The minimum Gasteiger partial charge on any atom is -0.481 e. The average molecular weight is 213 g/mol. The zero-order valence-corrected chi connectivity index (χ0v) is 9.91. The minimum absolute atomic E-state index is 0.288. The first-order valence-electron chi connectivity index (χ1n) is 6.16. The van der Waals surface area contributed by atoms with Crippen LogP contribution in [-0.4, -0.2) is 34.6 Å². The molecule has 1 atom stereocenters. The highest BCUT2D eigenvalue weighted by Crippen LogP contribution is 2.30. The van der Waals surface area contributed by atoms with Crippen molar-refractivity contribution in [1.82, 2.24) is 4.90 Å². The molecule has 0 aromatic carbocycles. The molecule has 0 aliphatic heterocycles. The second-order valence-electron chi connectivity index (χ2n) is 4.46. The van der Waals surface area contributed by atoms with Crippen LogP contribution in [0.4, 0.5) is 0 Å². The molecule has 1 unspecified atom stereocenters. The number of carbonyl (C=O) groups is 1. The Kier molecular flexibility index (Phi) is 5.09. The highest BCUT2D eigenvalue weighted by molar-refractivity contribution is 5.66. The van der Waals surface area contributed by atoms with E-state index in [0.29, 0.717) is 12.1 Å². The number of nitrogens with zero attached hydrogens (tertiary/aromatic N) is 1. The van der Waals surface area contributed by atoms with Gasteiger partial charge in [-0.2, -0.15) is 0 Å². The van der Waals surface area contributed by atoms with Gasteiger partial charge in [-0.15, -0.1) is 0 Å². The predicted octanol–water partition coefficient (Wildman–Crippen LogP) is 2.50. The van der Waals surface area contributed by atoms with Gasteiger partial charge in [-0.1, -0.05) is 20.3 Å². The molecule has 0 aromatic rings. The lowest BCUT2D eigenvalue weighted by Crippen LogP contribution is -2.38. The molecular formula is C12H23NO2. The van der Waals surface area contributed by atoms with Crippen LogP contribution in [0, 0.1) is 0 Å². The summed E-state index contributed by atoms with van der Waals surface area (Å²) in [5.41, 5.74) is 0. The summed E-state index contributed by atoms with van der Waals surface area (Å²) < 4.78 is 0. The molecular weight excluding hydrogens is 190 g/mol. The summed E-state index contributed by atoms with van der Waals surface area (Å²) in [4.78, 5) is 13.0. The molecule has 0 radical (unpaired) electrons. The number of rotatable bonds is 8. The van der Waals surface area contributed by atoms with Gasteiger partial charge < -0.3 is 5.11 Å². The molecule has 1 aliphatic rings. The van der Waals surface area contributed by atoms with E-state index in [1.165, 1.54) is 25.7 Å². The Hall–Kier alpha value is -0.570. The fourth-order valence-corrected chi connectivity index (χ4v) is 2.23. The second kappa shape index (κ2) is 6.11. The molecule has 3 nitrogen and oxygen atoms in total. The van der Waals surface area contributed by atoms with E-state index in [-0.39, 0.29) is 6.42 Å². The Labute approximate surface area is 92.5 Å². The molecule has 0 heterocycles. The van der Waals surface area contributed by atoms with E-state index in [9.17, 15) is 4.79 Å². The SMILES string of the molecule is CCCC(CC)N(CCC(=O)O)C1CC1. The van der Waals surface area contributed by atoms with E-state index < -0.39 is 5.97 Å². The lowest BCUT2D eigenvalue weighted by atomic mass is 10.1. The Balaban J connectivity index is 2.43. The fraction of sp³-hybridized carbons (Fsp3) is 0.917. The molecule has 0 aromatic heterocycles. The molecule has 0 saturated heterocycles. The molecule has 1 aliphatic carbocycles. The Bertz CT molecular complexity index is 202. The zero-order chi connectivity index (χ0) is 11.3. The van der Waals surface area contributed by atoms with Crippen molar-refractivity contribution in [2.75, 3.05) is 6.54 Å². The summed E-state index contributed by atoms with van der Waals surface area (Å²) >= 11 is 0. The van der Waals surface area contributed by atoms with Crippen molar-refractivity contribution in [2.24, 2.45) is 0 Å². The lowest BCUT2D eigenvalue weighted by molar-refractivity contribution is -0.137. The first kappa shape index (κ1) is 12.5. The van der Waals surface area contributed by atoms with Crippen LogP contribution in [0.2, 0.25) is 0 Å². The largest absolute Gasteiger partial charge is 0.481 e. The summed E-state index contributed by atoms with van der Waals surface area (Å²) in [6.45, 7) is 5.14. The number of hydrogen-bond donors (Lipinski definition) is 1. The molecule has 0 amide bonds. The van der Waals surface area contributed by atoms with Crippen molar-refractivity contribution < 1.29 is 9.90 Å². The number of carboxylic acids is 1. The van der Waals surface area contributed by atoms with Crippen molar-refractivity contribution in [2.45, 2.75) is 64.5 Å².